The maximum Gasteiger partial charge on any atom is 0.407 e. The van der Waals surface area contributed by atoms with Crippen molar-refractivity contribution in [1.29, 1.82) is 0 Å². The van der Waals surface area contributed by atoms with Crippen molar-refractivity contribution in [2.24, 2.45) is 0 Å². The number of amides is 1. The van der Waals surface area contributed by atoms with E-state index in [1.54, 1.807) is 39.8 Å². The van der Waals surface area contributed by atoms with Crippen LogP contribution in [0.1, 0.15) is 33.5 Å². The van der Waals surface area contributed by atoms with Crippen molar-refractivity contribution in [3.8, 4) is 0 Å². The molecule has 1 rings (SSSR count). The lowest BCUT2D eigenvalue weighted by molar-refractivity contribution is 0.0202. The number of hydrogen-bond donors (Lipinski definition) is 2. The number of hydrogen-bond acceptors (Lipinski definition) is 4. The molecule has 0 saturated carbocycles. The minimum absolute atomic E-state index is 0.0232. The van der Waals surface area contributed by atoms with Crippen molar-refractivity contribution in [3.63, 3.8) is 0 Å². The maximum atomic E-state index is 11.4. The van der Waals surface area contributed by atoms with Crippen LogP contribution in [-0.2, 0) is 10.3 Å². The maximum absolute atomic E-state index is 11.4. The Morgan fingerprint density at radius 1 is 1.47 bits per heavy atom. The first kappa shape index (κ1) is 13.6. The van der Waals surface area contributed by atoms with Gasteiger partial charge in [-0.25, -0.2) is 4.79 Å². The molecule has 1 amide bonds. The lowest BCUT2D eigenvalue weighted by Crippen LogP contribution is -2.41. The predicted molar refractivity (Wildman–Crippen MR) is 62.5 cm³/mol. The fourth-order valence-electron chi connectivity index (χ4n) is 1.23. The summed E-state index contributed by atoms with van der Waals surface area (Å²) in [6.07, 6.45) is 0.904. The van der Waals surface area contributed by atoms with E-state index >= 15 is 0 Å². The fourth-order valence-corrected chi connectivity index (χ4v) is 1.23. The third-order valence-corrected chi connectivity index (χ3v) is 2.03. The number of alkyl carbamates (subject to hydrolysis) is 1. The minimum Gasteiger partial charge on any atom is -0.466 e. The zero-order valence-electron chi connectivity index (χ0n) is 10.6. The molecule has 0 bridgehead atoms. The summed E-state index contributed by atoms with van der Waals surface area (Å²) in [6, 6.07) is 3.33. The summed E-state index contributed by atoms with van der Waals surface area (Å²) < 4.78 is 10.1. The molecule has 0 aromatic carbocycles. The van der Waals surface area contributed by atoms with Gasteiger partial charge in [-0.05, 0) is 39.8 Å². The van der Waals surface area contributed by atoms with Gasteiger partial charge in [0.1, 0.15) is 17.0 Å². The molecule has 0 fully saturated rings. The Balaban J connectivity index is 2.48. The summed E-state index contributed by atoms with van der Waals surface area (Å²) >= 11 is 0. The van der Waals surface area contributed by atoms with Crippen LogP contribution < -0.4 is 5.32 Å². The van der Waals surface area contributed by atoms with E-state index in [0.717, 1.165) is 0 Å². The van der Waals surface area contributed by atoms with Crippen LogP contribution in [0.4, 0.5) is 4.79 Å². The topological polar surface area (TPSA) is 71.7 Å². The number of carbonyl (C=O) groups excluding carboxylic acids is 1. The third kappa shape index (κ3) is 4.48. The Hall–Kier alpha value is -1.49. The normalized spacial score (nSPS) is 15.1. The molecule has 1 aromatic rings. The molecule has 17 heavy (non-hydrogen) atoms. The van der Waals surface area contributed by atoms with Crippen LogP contribution in [0.15, 0.2) is 22.8 Å². The van der Waals surface area contributed by atoms with Gasteiger partial charge in [0.2, 0.25) is 0 Å². The second kappa shape index (κ2) is 4.79. The molecular formula is C12H19NO4. The molecule has 2 N–H and O–H groups in total. The summed E-state index contributed by atoms with van der Waals surface area (Å²) in [7, 11) is 0. The van der Waals surface area contributed by atoms with Gasteiger partial charge in [0.05, 0.1) is 12.8 Å². The molecule has 0 saturated heterocycles. The monoisotopic (exact) mass is 241 g/mol. The summed E-state index contributed by atoms with van der Waals surface area (Å²) in [6.45, 7) is 6.91. The lowest BCUT2D eigenvalue weighted by atomic mass is 10.0. The third-order valence-electron chi connectivity index (χ3n) is 2.03. The number of nitrogens with one attached hydrogen (secondary N) is 1. The van der Waals surface area contributed by atoms with Crippen molar-refractivity contribution >= 4 is 6.09 Å². The molecular weight excluding hydrogens is 222 g/mol. The highest BCUT2D eigenvalue weighted by molar-refractivity contribution is 5.67. The van der Waals surface area contributed by atoms with Crippen LogP contribution in [0.3, 0.4) is 0 Å². The quantitative estimate of drug-likeness (QED) is 0.849. The average molecular weight is 241 g/mol. The zero-order valence-corrected chi connectivity index (χ0v) is 10.6. The molecule has 0 aliphatic rings. The first-order valence-corrected chi connectivity index (χ1v) is 5.44. The van der Waals surface area contributed by atoms with E-state index < -0.39 is 17.3 Å². The van der Waals surface area contributed by atoms with Crippen LogP contribution in [0, 0.1) is 0 Å². The Labute approximate surface area is 101 Å². The molecule has 0 aliphatic carbocycles. The predicted octanol–water partition coefficient (Wildman–Crippen LogP) is 2.01. The average Bonchev–Trinajstić information content (AvgIpc) is 2.65. The second-order valence-corrected chi connectivity index (χ2v) is 5.11. The van der Waals surface area contributed by atoms with Gasteiger partial charge in [-0.3, -0.25) is 0 Å². The van der Waals surface area contributed by atoms with E-state index in [2.05, 4.69) is 5.32 Å². The van der Waals surface area contributed by atoms with Crippen molar-refractivity contribution in [2.45, 2.75) is 38.9 Å². The van der Waals surface area contributed by atoms with E-state index in [0.29, 0.717) is 5.76 Å². The molecule has 96 valence electrons. The molecule has 1 heterocycles. The van der Waals surface area contributed by atoms with E-state index in [1.807, 2.05) is 0 Å². The van der Waals surface area contributed by atoms with Gasteiger partial charge in [-0.15, -0.1) is 0 Å². The molecule has 5 heteroatoms. The Morgan fingerprint density at radius 3 is 2.59 bits per heavy atom. The number of carbonyl (C=O) groups is 1. The number of furan rings is 1. The standard InChI is InChI=1S/C12H19NO4/c1-11(2,3)17-10(14)13-8-12(4,15)9-6-5-7-16-9/h5-7,15H,8H2,1-4H3,(H,13,14)/t12-/m1/s1. The Kier molecular flexibility index (Phi) is 3.83. The van der Waals surface area contributed by atoms with E-state index in [1.165, 1.54) is 6.26 Å². The molecule has 1 aromatic heterocycles. The lowest BCUT2D eigenvalue weighted by Gasteiger charge is -2.24. The summed E-state index contributed by atoms with van der Waals surface area (Å²) in [5.41, 5.74) is -1.80. The van der Waals surface area contributed by atoms with Crippen molar-refractivity contribution in [3.05, 3.63) is 24.2 Å². The molecule has 1 atom stereocenters. The molecule has 0 unspecified atom stereocenters. The van der Waals surface area contributed by atoms with Gasteiger partial charge in [0.25, 0.3) is 0 Å². The van der Waals surface area contributed by atoms with Gasteiger partial charge in [0, 0.05) is 0 Å². The van der Waals surface area contributed by atoms with E-state index in [-0.39, 0.29) is 6.54 Å². The summed E-state index contributed by atoms with van der Waals surface area (Å²) in [5, 5.41) is 12.6. The van der Waals surface area contributed by atoms with Gasteiger partial charge in [0.15, 0.2) is 0 Å². The van der Waals surface area contributed by atoms with Crippen LogP contribution in [0.2, 0.25) is 0 Å². The smallest absolute Gasteiger partial charge is 0.407 e. The van der Waals surface area contributed by atoms with Gasteiger partial charge >= 0.3 is 6.09 Å². The van der Waals surface area contributed by atoms with Crippen LogP contribution in [0.25, 0.3) is 0 Å². The first-order chi connectivity index (χ1) is 7.71. The number of rotatable bonds is 3. The van der Waals surface area contributed by atoms with E-state index in [4.69, 9.17) is 9.15 Å². The highest BCUT2D eigenvalue weighted by Crippen LogP contribution is 2.19. The van der Waals surface area contributed by atoms with Crippen molar-refractivity contribution in [1.82, 2.24) is 5.32 Å². The van der Waals surface area contributed by atoms with Crippen molar-refractivity contribution in [2.75, 3.05) is 6.54 Å². The summed E-state index contributed by atoms with van der Waals surface area (Å²) in [4.78, 5) is 11.4. The zero-order chi connectivity index (χ0) is 13.1. The largest absolute Gasteiger partial charge is 0.466 e. The van der Waals surface area contributed by atoms with Crippen molar-refractivity contribution < 1.29 is 19.1 Å². The van der Waals surface area contributed by atoms with E-state index in [9.17, 15) is 9.90 Å². The Bertz CT molecular complexity index is 362. The highest BCUT2D eigenvalue weighted by Gasteiger charge is 2.27. The number of aliphatic hydroxyl groups is 1. The minimum atomic E-state index is -1.25. The number of ether oxygens (including phenoxy) is 1. The van der Waals surface area contributed by atoms with Gasteiger partial charge in [-0.1, -0.05) is 0 Å². The molecule has 0 radical (unpaired) electrons. The molecule has 0 aliphatic heterocycles. The molecule has 0 spiro atoms. The van der Waals surface area contributed by atoms with Gasteiger partial charge < -0.3 is 19.6 Å². The van der Waals surface area contributed by atoms with Crippen LogP contribution in [-0.4, -0.2) is 23.3 Å². The first-order valence-electron chi connectivity index (χ1n) is 5.44. The van der Waals surface area contributed by atoms with Crippen LogP contribution >= 0.6 is 0 Å². The Morgan fingerprint density at radius 2 is 2.12 bits per heavy atom. The SMILES string of the molecule is CC(C)(C)OC(=O)NC[C@@](C)(O)c1ccco1. The second-order valence-electron chi connectivity index (χ2n) is 5.11. The molecule has 5 nitrogen and oxygen atoms in total. The van der Waals surface area contributed by atoms with Gasteiger partial charge in [-0.2, -0.15) is 0 Å². The fraction of sp³-hybridized carbons (Fsp3) is 0.583. The van der Waals surface area contributed by atoms with Crippen LogP contribution in [0.5, 0.6) is 0 Å². The summed E-state index contributed by atoms with van der Waals surface area (Å²) in [5.74, 6) is 0.397. The highest BCUT2D eigenvalue weighted by atomic mass is 16.6.